The average molecular weight is 283 g/mol. The first kappa shape index (κ1) is 13.1. The number of aliphatic hydroxyl groups is 1. The Bertz CT molecular complexity index is 453. The summed E-state index contributed by atoms with van der Waals surface area (Å²) in [4.78, 5) is 2.12. The number of nitrogens with zero attached hydrogens (tertiary/aromatic N) is 2. The zero-order valence-corrected chi connectivity index (χ0v) is 12.1. The average Bonchev–Trinajstić information content (AvgIpc) is 3.12. The van der Waals surface area contributed by atoms with Crippen molar-refractivity contribution >= 4 is 22.4 Å². The molecule has 106 valence electrons. The van der Waals surface area contributed by atoms with Crippen molar-refractivity contribution in [1.29, 1.82) is 0 Å². The molecule has 0 aromatic carbocycles. The number of ether oxygens (including phenoxy) is 1. The van der Waals surface area contributed by atoms with E-state index in [-0.39, 0.29) is 0 Å². The van der Waals surface area contributed by atoms with Crippen molar-refractivity contribution in [2.45, 2.75) is 37.2 Å². The summed E-state index contributed by atoms with van der Waals surface area (Å²) >= 11 is 1.45. The molecule has 1 aromatic heterocycles. The predicted molar refractivity (Wildman–Crippen MR) is 76.8 cm³/mol. The van der Waals surface area contributed by atoms with Crippen LogP contribution in [0.5, 0.6) is 0 Å². The maximum Gasteiger partial charge on any atom is 0.142 e. The Kier molecular flexibility index (Phi) is 3.41. The lowest BCUT2D eigenvalue weighted by atomic mass is 9.94. The molecule has 1 aromatic rings. The largest absolute Gasteiger partial charge is 0.388 e. The van der Waals surface area contributed by atoms with Crippen molar-refractivity contribution < 1.29 is 9.84 Å². The van der Waals surface area contributed by atoms with Gasteiger partial charge < -0.3 is 20.5 Å². The SMILES string of the molecule is CN(CC1(O)CCOCC1)c1snc(N)c1C1CC1. The number of nitrogen functional groups attached to an aromatic ring is 1. The van der Waals surface area contributed by atoms with Crippen molar-refractivity contribution in [2.24, 2.45) is 0 Å². The van der Waals surface area contributed by atoms with Gasteiger partial charge in [0.1, 0.15) is 10.8 Å². The van der Waals surface area contributed by atoms with Gasteiger partial charge in [0.2, 0.25) is 0 Å². The number of aromatic nitrogens is 1. The van der Waals surface area contributed by atoms with Gasteiger partial charge in [0, 0.05) is 45.2 Å². The number of anilines is 2. The Morgan fingerprint density at radius 3 is 2.79 bits per heavy atom. The topological polar surface area (TPSA) is 71.6 Å². The fourth-order valence-corrected chi connectivity index (χ4v) is 3.61. The van der Waals surface area contributed by atoms with Crippen LogP contribution in [0.2, 0.25) is 0 Å². The summed E-state index contributed by atoms with van der Waals surface area (Å²) in [6, 6.07) is 0. The van der Waals surface area contributed by atoms with E-state index in [0.29, 0.717) is 44.3 Å². The molecule has 1 aliphatic carbocycles. The summed E-state index contributed by atoms with van der Waals surface area (Å²) in [7, 11) is 2.02. The molecule has 3 rings (SSSR count). The highest BCUT2D eigenvalue weighted by molar-refractivity contribution is 7.10. The van der Waals surface area contributed by atoms with Gasteiger partial charge >= 0.3 is 0 Å². The Hall–Kier alpha value is -0.850. The molecule has 19 heavy (non-hydrogen) atoms. The monoisotopic (exact) mass is 283 g/mol. The van der Waals surface area contributed by atoms with Crippen molar-refractivity contribution in [3.8, 4) is 0 Å². The minimum Gasteiger partial charge on any atom is -0.388 e. The molecule has 1 saturated carbocycles. The third-order valence-electron chi connectivity index (χ3n) is 4.02. The molecule has 0 atom stereocenters. The van der Waals surface area contributed by atoms with E-state index in [1.54, 1.807) is 0 Å². The molecule has 0 bridgehead atoms. The van der Waals surface area contributed by atoms with Crippen LogP contribution < -0.4 is 10.6 Å². The second-order valence-electron chi connectivity index (χ2n) is 5.75. The summed E-state index contributed by atoms with van der Waals surface area (Å²) in [5.41, 5.74) is 6.53. The number of hydrogen-bond donors (Lipinski definition) is 2. The van der Waals surface area contributed by atoms with Gasteiger partial charge in [-0.15, -0.1) is 0 Å². The summed E-state index contributed by atoms with van der Waals surface area (Å²) < 4.78 is 9.61. The molecular formula is C13H21N3O2S. The highest BCUT2D eigenvalue weighted by atomic mass is 32.1. The highest BCUT2D eigenvalue weighted by Crippen LogP contribution is 2.48. The van der Waals surface area contributed by atoms with E-state index in [1.165, 1.54) is 29.9 Å². The van der Waals surface area contributed by atoms with Crippen molar-refractivity contribution in [3.63, 3.8) is 0 Å². The van der Waals surface area contributed by atoms with Crippen LogP contribution in [0.4, 0.5) is 10.8 Å². The van der Waals surface area contributed by atoms with Crippen LogP contribution in [0, 0.1) is 0 Å². The van der Waals surface area contributed by atoms with Gasteiger partial charge in [0.05, 0.1) is 5.60 Å². The van der Waals surface area contributed by atoms with Crippen LogP contribution in [-0.4, -0.2) is 41.9 Å². The fourth-order valence-electron chi connectivity index (χ4n) is 2.75. The van der Waals surface area contributed by atoms with Crippen molar-refractivity contribution in [3.05, 3.63) is 5.56 Å². The Labute approximate surface area is 117 Å². The molecular weight excluding hydrogens is 262 g/mol. The Morgan fingerprint density at radius 1 is 1.47 bits per heavy atom. The van der Waals surface area contributed by atoms with Crippen LogP contribution in [-0.2, 0) is 4.74 Å². The number of hydrogen-bond acceptors (Lipinski definition) is 6. The standard InChI is InChI=1S/C13H21N3O2S/c1-16(8-13(17)4-6-18-7-5-13)12-10(9-2-3-9)11(14)15-19-12/h9,17H,2-8H2,1H3,(H2,14,15). The molecule has 0 radical (unpaired) electrons. The lowest BCUT2D eigenvalue weighted by Gasteiger charge is -2.35. The van der Waals surface area contributed by atoms with Crippen molar-refractivity contribution in [2.75, 3.05) is 37.4 Å². The van der Waals surface area contributed by atoms with Gasteiger partial charge in [-0.1, -0.05) is 0 Å². The van der Waals surface area contributed by atoms with Crippen LogP contribution >= 0.6 is 11.5 Å². The summed E-state index contributed by atoms with van der Waals surface area (Å²) in [5, 5.41) is 11.7. The van der Waals surface area contributed by atoms with E-state index in [0.717, 1.165) is 5.00 Å². The molecule has 6 heteroatoms. The Balaban J connectivity index is 1.74. The quantitative estimate of drug-likeness (QED) is 0.878. The molecule has 1 aliphatic heterocycles. The van der Waals surface area contributed by atoms with E-state index in [9.17, 15) is 5.11 Å². The summed E-state index contributed by atoms with van der Waals surface area (Å²) in [5.74, 6) is 1.26. The van der Waals surface area contributed by atoms with Gasteiger partial charge in [-0.2, -0.15) is 4.37 Å². The third-order valence-corrected chi connectivity index (χ3v) is 5.02. The fraction of sp³-hybridized carbons (Fsp3) is 0.769. The van der Waals surface area contributed by atoms with Crippen LogP contribution in [0.15, 0.2) is 0 Å². The van der Waals surface area contributed by atoms with Gasteiger partial charge in [-0.05, 0) is 30.3 Å². The minimum absolute atomic E-state index is 0.584. The predicted octanol–water partition coefficient (Wildman–Crippen LogP) is 1.58. The highest BCUT2D eigenvalue weighted by Gasteiger charge is 2.35. The maximum absolute atomic E-state index is 10.6. The second-order valence-corrected chi connectivity index (χ2v) is 6.51. The number of rotatable bonds is 4. The molecule has 3 N–H and O–H groups in total. The molecule has 1 saturated heterocycles. The normalized spacial score (nSPS) is 22.4. The lowest BCUT2D eigenvalue weighted by molar-refractivity contribution is -0.0572. The second kappa shape index (κ2) is 4.92. The lowest BCUT2D eigenvalue weighted by Crippen LogP contribution is -2.45. The van der Waals surface area contributed by atoms with E-state index < -0.39 is 5.60 Å². The first-order chi connectivity index (χ1) is 9.09. The first-order valence-electron chi connectivity index (χ1n) is 6.85. The molecule has 0 unspecified atom stereocenters. The molecule has 5 nitrogen and oxygen atoms in total. The molecule has 2 heterocycles. The van der Waals surface area contributed by atoms with E-state index in [2.05, 4.69) is 9.27 Å². The molecule has 0 spiro atoms. The zero-order chi connectivity index (χ0) is 13.5. The summed E-state index contributed by atoms with van der Waals surface area (Å²) in [6.45, 7) is 1.91. The molecule has 0 amide bonds. The zero-order valence-electron chi connectivity index (χ0n) is 11.3. The van der Waals surface area contributed by atoms with Crippen LogP contribution in [0.1, 0.15) is 37.2 Å². The van der Waals surface area contributed by atoms with Gasteiger partial charge in [-0.25, -0.2) is 0 Å². The van der Waals surface area contributed by atoms with Gasteiger partial charge in [-0.3, -0.25) is 0 Å². The van der Waals surface area contributed by atoms with Crippen LogP contribution in [0.25, 0.3) is 0 Å². The minimum atomic E-state index is -0.646. The van der Waals surface area contributed by atoms with E-state index in [4.69, 9.17) is 10.5 Å². The van der Waals surface area contributed by atoms with Gasteiger partial charge in [0.15, 0.2) is 0 Å². The van der Waals surface area contributed by atoms with Crippen molar-refractivity contribution in [1.82, 2.24) is 4.37 Å². The van der Waals surface area contributed by atoms with E-state index >= 15 is 0 Å². The molecule has 2 fully saturated rings. The first-order valence-corrected chi connectivity index (χ1v) is 7.63. The van der Waals surface area contributed by atoms with Crippen LogP contribution in [0.3, 0.4) is 0 Å². The third kappa shape index (κ3) is 2.70. The number of likely N-dealkylation sites (N-methyl/N-ethyl adjacent to an activating group) is 1. The number of nitrogens with two attached hydrogens (primary N) is 1. The summed E-state index contributed by atoms with van der Waals surface area (Å²) in [6.07, 6.45) is 3.82. The maximum atomic E-state index is 10.6. The van der Waals surface area contributed by atoms with Gasteiger partial charge in [0.25, 0.3) is 0 Å². The van der Waals surface area contributed by atoms with E-state index in [1.807, 2.05) is 7.05 Å². The smallest absolute Gasteiger partial charge is 0.142 e. The molecule has 2 aliphatic rings. The Morgan fingerprint density at radius 2 is 2.16 bits per heavy atom.